The quantitative estimate of drug-likeness (QED) is 0.884. The number of rotatable bonds is 4. The zero-order chi connectivity index (χ0) is 16.2. The molecule has 0 bridgehead atoms. The van der Waals surface area contributed by atoms with Gasteiger partial charge in [0.25, 0.3) is 0 Å². The van der Waals surface area contributed by atoms with Crippen molar-refractivity contribution in [1.29, 1.82) is 5.26 Å². The van der Waals surface area contributed by atoms with E-state index in [0.29, 0.717) is 41.8 Å². The van der Waals surface area contributed by atoms with Crippen molar-refractivity contribution in [2.75, 3.05) is 19.8 Å². The third kappa shape index (κ3) is 3.89. The van der Waals surface area contributed by atoms with Gasteiger partial charge in [0, 0.05) is 18.5 Å². The van der Waals surface area contributed by atoms with Gasteiger partial charge in [-0.25, -0.2) is 0 Å². The summed E-state index contributed by atoms with van der Waals surface area (Å²) in [6, 6.07) is 6.14. The average molecular weight is 337 g/mol. The second-order valence-corrected chi connectivity index (χ2v) is 6.55. The van der Waals surface area contributed by atoms with Gasteiger partial charge in [0.2, 0.25) is 0 Å². The Balaban J connectivity index is 1.61. The average Bonchev–Trinajstić information content (AvgIpc) is 2.60. The van der Waals surface area contributed by atoms with Crippen molar-refractivity contribution < 1.29 is 14.6 Å². The van der Waals surface area contributed by atoms with Crippen LogP contribution in [0.2, 0.25) is 5.02 Å². The molecule has 3 rings (SSSR count). The number of hydrogen-bond donors (Lipinski definition) is 2. The Kier molecular flexibility index (Phi) is 5.27. The van der Waals surface area contributed by atoms with E-state index in [9.17, 15) is 5.11 Å². The Morgan fingerprint density at radius 1 is 1.35 bits per heavy atom. The summed E-state index contributed by atoms with van der Waals surface area (Å²) >= 11 is 6.21. The first-order valence-corrected chi connectivity index (χ1v) is 8.45. The van der Waals surface area contributed by atoms with Crippen molar-refractivity contribution in [1.82, 2.24) is 5.32 Å². The zero-order valence-corrected chi connectivity index (χ0v) is 13.7. The predicted octanol–water partition coefficient (Wildman–Crippen LogP) is 2.82. The van der Waals surface area contributed by atoms with Crippen LogP contribution in [0, 0.1) is 17.2 Å². The third-order valence-corrected chi connectivity index (χ3v) is 4.74. The van der Waals surface area contributed by atoms with Gasteiger partial charge in [-0.2, -0.15) is 5.26 Å². The standard InChI is InChI=1S/C17H21ClN2O3/c18-14-7-12(8-16-17(14)23-5-4-22-16)15(21)10-20-13-3-1-2-11(6-13)9-19/h7-8,11,13,15,20-21H,1-6,10H2/t11-,13-,15+/m1/s1. The van der Waals surface area contributed by atoms with Crippen molar-refractivity contribution >= 4 is 11.6 Å². The van der Waals surface area contributed by atoms with Crippen LogP contribution in [-0.4, -0.2) is 30.9 Å². The maximum absolute atomic E-state index is 10.4. The number of hydrogen-bond acceptors (Lipinski definition) is 5. The second-order valence-electron chi connectivity index (χ2n) is 6.14. The Morgan fingerprint density at radius 2 is 2.17 bits per heavy atom. The van der Waals surface area contributed by atoms with E-state index in [-0.39, 0.29) is 12.0 Å². The number of benzene rings is 1. The molecule has 2 aliphatic rings. The number of aliphatic hydroxyl groups is 1. The molecule has 1 saturated carbocycles. The fourth-order valence-electron chi connectivity index (χ4n) is 3.21. The summed E-state index contributed by atoms with van der Waals surface area (Å²) in [5.74, 6) is 1.26. The maximum Gasteiger partial charge on any atom is 0.179 e. The van der Waals surface area contributed by atoms with Gasteiger partial charge in [-0.15, -0.1) is 0 Å². The fraction of sp³-hybridized carbons (Fsp3) is 0.588. The van der Waals surface area contributed by atoms with Crippen molar-refractivity contribution in [3.8, 4) is 17.6 Å². The van der Waals surface area contributed by atoms with Gasteiger partial charge in [-0.05, 0) is 37.0 Å². The molecule has 1 aliphatic heterocycles. The number of fused-ring (bicyclic) bond motifs is 1. The highest BCUT2D eigenvalue weighted by molar-refractivity contribution is 6.32. The maximum atomic E-state index is 10.4. The van der Waals surface area contributed by atoms with Crippen LogP contribution in [-0.2, 0) is 0 Å². The van der Waals surface area contributed by atoms with E-state index in [4.69, 9.17) is 26.3 Å². The largest absolute Gasteiger partial charge is 0.486 e. The van der Waals surface area contributed by atoms with Gasteiger partial charge in [-0.1, -0.05) is 18.0 Å². The van der Waals surface area contributed by atoms with Gasteiger partial charge >= 0.3 is 0 Å². The van der Waals surface area contributed by atoms with Gasteiger partial charge in [0.1, 0.15) is 13.2 Å². The molecular weight excluding hydrogens is 316 g/mol. The Labute approximate surface area is 141 Å². The van der Waals surface area contributed by atoms with Crippen molar-refractivity contribution in [3.63, 3.8) is 0 Å². The van der Waals surface area contributed by atoms with Crippen LogP contribution >= 0.6 is 11.6 Å². The molecule has 0 saturated heterocycles. The van der Waals surface area contributed by atoms with E-state index >= 15 is 0 Å². The first-order chi connectivity index (χ1) is 11.2. The predicted molar refractivity (Wildman–Crippen MR) is 86.8 cm³/mol. The SMILES string of the molecule is N#C[C@@H]1CCC[C@@H](NC[C@H](O)c2cc(Cl)c3c(c2)OCCO3)C1. The lowest BCUT2D eigenvalue weighted by atomic mass is 9.86. The monoisotopic (exact) mass is 336 g/mol. The lowest BCUT2D eigenvalue weighted by Crippen LogP contribution is -2.36. The Morgan fingerprint density at radius 3 is 3.00 bits per heavy atom. The molecule has 23 heavy (non-hydrogen) atoms. The lowest BCUT2D eigenvalue weighted by Gasteiger charge is -2.27. The number of nitriles is 1. The first kappa shape index (κ1) is 16.4. The Bertz CT molecular complexity index is 602. The number of nitrogens with one attached hydrogen (secondary N) is 1. The van der Waals surface area contributed by atoms with E-state index in [2.05, 4.69) is 11.4 Å². The topological polar surface area (TPSA) is 74.5 Å². The molecule has 3 atom stereocenters. The third-order valence-electron chi connectivity index (χ3n) is 4.46. The molecule has 0 radical (unpaired) electrons. The normalized spacial score (nSPS) is 24.7. The number of nitrogens with zero attached hydrogens (tertiary/aromatic N) is 1. The smallest absolute Gasteiger partial charge is 0.179 e. The van der Waals surface area contributed by atoms with E-state index in [1.165, 1.54) is 0 Å². The lowest BCUT2D eigenvalue weighted by molar-refractivity contribution is 0.157. The highest BCUT2D eigenvalue weighted by Gasteiger charge is 2.23. The molecule has 1 fully saturated rings. The minimum absolute atomic E-state index is 0.127. The molecule has 1 heterocycles. The molecule has 1 aromatic carbocycles. The zero-order valence-electron chi connectivity index (χ0n) is 12.9. The highest BCUT2D eigenvalue weighted by Crippen LogP contribution is 2.39. The van der Waals surface area contributed by atoms with E-state index < -0.39 is 6.10 Å². The van der Waals surface area contributed by atoms with E-state index in [1.54, 1.807) is 12.1 Å². The summed E-state index contributed by atoms with van der Waals surface area (Å²) in [7, 11) is 0. The van der Waals surface area contributed by atoms with Crippen LogP contribution in [0.1, 0.15) is 37.4 Å². The van der Waals surface area contributed by atoms with Crippen LogP contribution in [0.5, 0.6) is 11.5 Å². The van der Waals surface area contributed by atoms with Crippen molar-refractivity contribution in [2.24, 2.45) is 5.92 Å². The van der Waals surface area contributed by atoms with Crippen LogP contribution < -0.4 is 14.8 Å². The van der Waals surface area contributed by atoms with Crippen LogP contribution in [0.3, 0.4) is 0 Å². The molecule has 124 valence electrons. The number of ether oxygens (including phenoxy) is 2. The van der Waals surface area contributed by atoms with Crippen LogP contribution in [0.4, 0.5) is 0 Å². The summed E-state index contributed by atoms with van der Waals surface area (Å²) in [5.41, 5.74) is 0.708. The number of aliphatic hydroxyl groups excluding tert-OH is 1. The molecule has 0 aromatic heterocycles. The summed E-state index contributed by atoms with van der Waals surface area (Å²) in [5, 5.41) is 23.3. The van der Waals surface area contributed by atoms with Crippen molar-refractivity contribution in [2.45, 2.75) is 37.8 Å². The Hall–Kier alpha value is -1.48. The van der Waals surface area contributed by atoms with Crippen LogP contribution in [0.15, 0.2) is 12.1 Å². The van der Waals surface area contributed by atoms with E-state index in [0.717, 1.165) is 25.7 Å². The molecule has 2 N–H and O–H groups in total. The van der Waals surface area contributed by atoms with E-state index in [1.807, 2.05) is 0 Å². The van der Waals surface area contributed by atoms with Gasteiger partial charge in [0.15, 0.2) is 11.5 Å². The summed E-state index contributed by atoms with van der Waals surface area (Å²) in [4.78, 5) is 0. The molecule has 0 amide bonds. The van der Waals surface area contributed by atoms with Crippen LogP contribution in [0.25, 0.3) is 0 Å². The molecule has 0 unspecified atom stereocenters. The molecule has 0 spiro atoms. The van der Waals surface area contributed by atoms with Gasteiger partial charge in [-0.3, -0.25) is 0 Å². The highest BCUT2D eigenvalue weighted by atomic mass is 35.5. The minimum atomic E-state index is -0.675. The molecule has 5 nitrogen and oxygen atoms in total. The molecular formula is C17H21ClN2O3. The summed E-state index contributed by atoms with van der Waals surface area (Å²) < 4.78 is 11.0. The van der Waals surface area contributed by atoms with Crippen molar-refractivity contribution in [3.05, 3.63) is 22.7 Å². The first-order valence-electron chi connectivity index (χ1n) is 8.07. The molecule has 1 aromatic rings. The van der Waals surface area contributed by atoms with Gasteiger partial charge < -0.3 is 19.9 Å². The molecule has 1 aliphatic carbocycles. The summed E-state index contributed by atoms with van der Waals surface area (Å²) in [6.45, 7) is 1.40. The fourth-order valence-corrected chi connectivity index (χ4v) is 3.49. The second kappa shape index (κ2) is 7.39. The minimum Gasteiger partial charge on any atom is -0.486 e. The summed E-state index contributed by atoms with van der Waals surface area (Å²) in [6.07, 6.45) is 3.26. The van der Waals surface area contributed by atoms with Gasteiger partial charge in [0.05, 0.1) is 17.2 Å². The molecule has 6 heteroatoms. The number of halogens is 1.